The number of carbonyl (C=O) groups excluding carboxylic acids is 1. The molecule has 1 aromatic heterocycles. The van der Waals surface area contributed by atoms with Crippen molar-refractivity contribution in [1.82, 2.24) is 20.4 Å². The van der Waals surface area contributed by atoms with Gasteiger partial charge in [0.25, 0.3) is 5.91 Å². The predicted octanol–water partition coefficient (Wildman–Crippen LogP) is 2.17. The third-order valence-electron chi connectivity index (χ3n) is 4.09. The van der Waals surface area contributed by atoms with Gasteiger partial charge in [0.15, 0.2) is 0 Å². The van der Waals surface area contributed by atoms with Crippen molar-refractivity contribution in [2.24, 2.45) is 0 Å². The van der Waals surface area contributed by atoms with Gasteiger partial charge in [0.1, 0.15) is 0 Å². The molecule has 2 aromatic rings. The number of benzene rings is 1. The lowest BCUT2D eigenvalue weighted by Crippen LogP contribution is -2.33. The molecule has 5 heteroatoms. The van der Waals surface area contributed by atoms with E-state index in [1.165, 1.54) is 32.4 Å². The molecule has 112 valence electrons. The van der Waals surface area contributed by atoms with Crippen molar-refractivity contribution in [3.8, 4) is 0 Å². The van der Waals surface area contributed by atoms with Gasteiger partial charge in [-0.05, 0) is 51.0 Å². The lowest BCUT2D eigenvalue weighted by Gasteiger charge is -2.26. The Morgan fingerprint density at radius 2 is 2.14 bits per heavy atom. The number of rotatable bonds is 5. The number of carbonyl (C=O) groups is 1. The SMILES string of the molecule is O=C(NCCCN1CCCCC1)c1ccc2cn[nH]c2c1. The number of nitrogens with zero attached hydrogens (tertiary/aromatic N) is 2. The largest absolute Gasteiger partial charge is 0.352 e. The van der Waals surface area contributed by atoms with E-state index in [-0.39, 0.29) is 5.91 Å². The van der Waals surface area contributed by atoms with Crippen LogP contribution in [0.15, 0.2) is 24.4 Å². The molecule has 1 aliphatic rings. The molecule has 1 fully saturated rings. The molecule has 2 heterocycles. The fourth-order valence-electron chi connectivity index (χ4n) is 2.87. The summed E-state index contributed by atoms with van der Waals surface area (Å²) < 4.78 is 0. The first-order valence-electron chi connectivity index (χ1n) is 7.76. The van der Waals surface area contributed by atoms with Crippen LogP contribution in [0.2, 0.25) is 0 Å². The van der Waals surface area contributed by atoms with E-state index in [1.807, 2.05) is 18.2 Å². The van der Waals surface area contributed by atoms with E-state index in [9.17, 15) is 4.79 Å². The van der Waals surface area contributed by atoms with Crippen molar-refractivity contribution in [1.29, 1.82) is 0 Å². The molecule has 0 spiro atoms. The first-order chi connectivity index (χ1) is 10.3. The van der Waals surface area contributed by atoms with Crippen molar-refractivity contribution < 1.29 is 4.79 Å². The molecule has 5 nitrogen and oxygen atoms in total. The predicted molar refractivity (Wildman–Crippen MR) is 83.3 cm³/mol. The minimum Gasteiger partial charge on any atom is -0.352 e. The maximum Gasteiger partial charge on any atom is 0.251 e. The molecule has 0 saturated carbocycles. The molecule has 1 aliphatic heterocycles. The molecule has 0 aliphatic carbocycles. The number of nitrogens with one attached hydrogen (secondary N) is 2. The number of H-pyrrole nitrogens is 1. The average molecular weight is 286 g/mol. The van der Waals surface area contributed by atoms with Crippen LogP contribution in [0.4, 0.5) is 0 Å². The van der Waals surface area contributed by atoms with Crippen molar-refractivity contribution in [2.75, 3.05) is 26.2 Å². The Morgan fingerprint density at radius 1 is 1.29 bits per heavy atom. The van der Waals surface area contributed by atoms with Crippen LogP contribution in [0.1, 0.15) is 36.0 Å². The number of piperidine rings is 1. The van der Waals surface area contributed by atoms with E-state index in [0.29, 0.717) is 5.56 Å². The normalized spacial score (nSPS) is 16.2. The number of amides is 1. The Hall–Kier alpha value is -1.88. The summed E-state index contributed by atoms with van der Waals surface area (Å²) in [6.45, 7) is 4.24. The second-order valence-corrected chi connectivity index (χ2v) is 5.68. The smallest absolute Gasteiger partial charge is 0.251 e. The number of hydrogen-bond acceptors (Lipinski definition) is 3. The second kappa shape index (κ2) is 6.72. The maximum absolute atomic E-state index is 12.1. The maximum atomic E-state index is 12.1. The lowest BCUT2D eigenvalue weighted by atomic mass is 10.1. The Labute approximate surface area is 124 Å². The van der Waals surface area contributed by atoms with Crippen molar-refractivity contribution in [3.63, 3.8) is 0 Å². The van der Waals surface area contributed by atoms with E-state index >= 15 is 0 Å². The fraction of sp³-hybridized carbons (Fsp3) is 0.500. The Balaban J connectivity index is 1.45. The summed E-state index contributed by atoms with van der Waals surface area (Å²) in [7, 11) is 0. The van der Waals surface area contributed by atoms with E-state index < -0.39 is 0 Å². The minimum absolute atomic E-state index is 0.00913. The lowest BCUT2D eigenvalue weighted by molar-refractivity contribution is 0.0951. The first-order valence-corrected chi connectivity index (χ1v) is 7.76. The van der Waals surface area contributed by atoms with E-state index in [0.717, 1.165) is 30.4 Å². The highest BCUT2D eigenvalue weighted by Gasteiger charge is 2.10. The summed E-state index contributed by atoms with van der Waals surface area (Å²) in [4.78, 5) is 14.6. The molecular formula is C16H22N4O. The van der Waals surface area contributed by atoms with Gasteiger partial charge in [-0.25, -0.2) is 0 Å². The second-order valence-electron chi connectivity index (χ2n) is 5.68. The number of aromatic nitrogens is 2. The van der Waals surface area contributed by atoms with Crippen LogP contribution in [-0.2, 0) is 0 Å². The number of likely N-dealkylation sites (tertiary alicyclic amines) is 1. The van der Waals surface area contributed by atoms with E-state index in [4.69, 9.17) is 0 Å². The van der Waals surface area contributed by atoms with Crippen molar-refractivity contribution in [2.45, 2.75) is 25.7 Å². The summed E-state index contributed by atoms with van der Waals surface area (Å²) in [6, 6.07) is 5.61. The Bertz CT molecular complexity index is 601. The monoisotopic (exact) mass is 286 g/mol. The van der Waals surface area contributed by atoms with Gasteiger partial charge >= 0.3 is 0 Å². The summed E-state index contributed by atoms with van der Waals surface area (Å²) in [5.74, 6) is -0.00913. The van der Waals surface area contributed by atoms with Gasteiger partial charge in [0, 0.05) is 17.5 Å². The Kier molecular flexibility index (Phi) is 4.50. The van der Waals surface area contributed by atoms with Gasteiger partial charge < -0.3 is 10.2 Å². The van der Waals surface area contributed by atoms with Crippen LogP contribution in [0.25, 0.3) is 10.9 Å². The quantitative estimate of drug-likeness (QED) is 0.828. The molecule has 0 radical (unpaired) electrons. The zero-order valence-electron chi connectivity index (χ0n) is 12.3. The fourth-order valence-corrected chi connectivity index (χ4v) is 2.87. The van der Waals surface area contributed by atoms with Gasteiger partial charge in [0.2, 0.25) is 0 Å². The summed E-state index contributed by atoms with van der Waals surface area (Å²) in [5, 5.41) is 10.9. The van der Waals surface area contributed by atoms with Crippen LogP contribution in [0, 0.1) is 0 Å². The van der Waals surface area contributed by atoms with Crippen LogP contribution < -0.4 is 5.32 Å². The standard InChI is InChI=1S/C16H22N4O/c21-16(13-5-6-14-12-18-19-15(14)11-13)17-7-4-10-20-8-2-1-3-9-20/h5-6,11-12H,1-4,7-10H2,(H,17,21)(H,18,19). The van der Waals surface area contributed by atoms with Gasteiger partial charge in [0.05, 0.1) is 11.7 Å². The van der Waals surface area contributed by atoms with Gasteiger partial charge in [-0.3, -0.25) is 9.89 Å². The van der Waals surface area contributed by atoms with E-state index in [2.05, 4.69) is 20.4 Å². The number of hydrogen-bond donors (Lipinski definition) is 2. The first kappa shape index (κ1) is 14.1. The highest BCUT2D eigenvalue weighted by molar-refractivity contribution is 5.97. The molecule has 3 rings (SSSR count). The Morgan fingerprint density at radius 3 is 3.00 bits per heavy atom. The minimum atomic E-state index is -0.00913. The topological polar surface area (TPSA) is 61.0 Å². The molecule has 2 N–H and O–H groups in total. The zero-order chi connectivity index (χ0) is 14.5. The molecule has 21 heavy (non-hydrogen) atoms. The van der Waals surface area contributed by atoms with Crippen molar-refractivity contribution in [3.05, 3.63) is 30.0 Å². The molecular weight excluding hydrogens is 264 g/mol. The van der Waals surface area contributed by atoms with Gasteiger partial charge in [-0.15, -0.1) is 0 Å². The molecule has 0 unspecified atom stereocenters. The number of aromatic amines is 1. The molecule has 1 aromatic carbocycles. The van der Waals surface area contributed by atoms with Crippen LogP contribution in [0.5, 0.6) is 0 Å². The third-order valence-corrected chi connectivity index (χ3v) is 4.09. The average Bonchev–Trinajstić information content (AvgIpc) is 3.00. The summed E-state index contributed by atoms with van der Waals surface area (Å²) >= 11 is 0. The third kappa shape index (κ3) is 3.61. The van der Waals surface area contributed by atoms with Crippen LogP contribution in [-0.4, -0.2) is 47.2 Å². The van der Waals surface area contributed by atoms with E-state index in [1.54, 1.807) is 6.20 Å². The summed E-state index contributed by atoms with van der Waals surface area (Å²) in [5.41, 5.74) is 1.58. The highest BCUT2D eigenvalue weighted by Crippen LogP contribution is 2.12. The van der Waals surface area contributed by atoms with Crippen LogP contribution in [0.3, 0.4) is 0 Å². The van der Waals surface area contributed by atoms with Crippen molar-refractivity contribution >= 4 is 16.8 Å². The van der Waals surface area contributed by atoms with Gasteiger partial charge in [-0.2, -0.15) is 5.10 Å². The molecule has 1 saturated heterocycles. The molecule has 1 amide bonds. The summed E-state index contributed by atoms with van der Waals surface area (Å²) in [6.07, 6.45) is 6.77. The van der Waals surface area contributed by atoms with Gasteiger partial charge in [-0.1, -0.05) is 12.5 Å². The molecule has 0 bridgehead atoms. The zero-order valence-corrected chi connectivity index (χ0v) is 12.3. The van der Waals surface area contributed by atoms with Crippen LogP contribution >= 0.6 is 0 Å². The highest BCUT2D eigenvalue weighted by atomic mass is 16.1. The number of fused-ring (bicyclic) bond motifs is 1. The molecule has 0 atom stereocenters.